The van der Waals surface area contributed by atoms with E-state index in [2.05, 4.69) is 22.5 Å². The first kappa shape index (κ1) is 8.34. The minimum Gasteiger partial charge on any atom is -0.192 e. The molecule has 66 valence electrons. The maximum Gasteiger partial charge on any atom is 0.241 e. The quantitative estimate of drug-likeness (QED) is 0.650. The Morgan fingerprint density at radius 2 is 2.23 bits per heavy atom. The normalized spacial score (nSPS) is 20.5. The third-order valence-electron chi connectivity index (χ3n) is 1.58. The van der Waals surface area contributed by atoms with Crippen LogP contribution in [0.2, 0.25) is 5.02 Å². The van der Waals surface area contributed by atoms with Crippen molar-refractivity contribution in [3.63, 3.8) is 0 Å². The number of halogens is 1. The van der Waals surface area contributed by atoms with E-state index >= 15 is 0 Å². The molecule has 4 nitrogen and oxygen atoms in total. The molecule has 1 aliphatic heterocycles. The molecule has 0 amide bonds. The lowest BCUT2D eigenvalue weighted by Crippen LogP contribution is -2.95. The molecule has 1 heterocycles. The van der Waals surface area contributed by atoms with E-state index in [0.717, 1.165) is 5.56 Å². The van der Waals surface area contributed by atoms with Crippen LogP contribution in [-0.4, -0.2) is 5.84 Å². The molecular formula is C8H7ClN4. The maximum absolute atomic E-state index is 5.81. The molecule has 0 aromatic heterocycles. The minimum absolute atomic E-state index is 0.426. The van der Waals surface area contributed by atoms with E-state index in [9.17, 15) is 0 Å². The van der Waals surface area contributed by atoms with E-state index in [1.165, 1.54) is 0 Å². The van der Waals surface area contributed by atoms with Gasteiger partial charge in [0, 0.05) is 15.8 Å². The lowest BCUT2D eigenvalue weighted by atomic mass is 10.2. The van der Waals surface area contributed by atoms with Gasteiger partial charge in [-0.3, -0.25) is 0 Å². The van der Waals surface area contributed by atoms with Crippen molar-refractivity contribution in [2.75, 3.05) is 0 Å². The molecule has 0 saturated carbocycles. The fraction of sp³-hybridized carbons (Fsp3) is 0. The van der Waals surface area contributed by atoms with Crippen molar-refractivity contribution in [2.45, 2.75) is 0 Å². The second-order valence-corrected chi connectivity index (χ2v) is 3.00. The van der Waals surface area contributed by atoms with Crippen molar-refractivity contribution < 1.29 is 5.12 Å². The number of amidine groups is 1. The van der Waals surface area contributed by atoms with Gasteiger partial charge < -0.3 is 0 Å². The molecule has 1 atom stereocenters. The maximum atomic E-state index is 5.81. The number of hydrogen-bond acceptors (Lipinski definition) is 3. The summed E-state index contributed by atoms with van der Waals surface area (Å²) >= 11 is 5.81. The molecule has 1 N–H and O–H groups in total. The van der Waals surface area contributed by atoms with Gasteiger partial charge in [0.15, 0.2) is 0 Å². The average Bonchev–Trinajstić information content (AvgIpc) is 2.52. The first-order valence-corrected chi connectivity index (χ1v) is 4.09. The van der Waals surface area contributed by atoms with Crippen LogP contribution < -0.4 is 5.12 Å². The first-order valence-electron chi connectivity index (χ1n) is 3.71. The number of quaternary nitrogens is 1. The summed E-state index contributed by atoms with van der Waals surface area (Å²) in [5.74, 6) is 0.563. The highest BCUT2D eigenvalue weighted by Gasteiger charge is 2.11. The van der Waals surface area contributed by atoms with E-state index in [1.54, 1.807) is 12.1 Å². The van der Waals surface area contributed by atoms with E-state index in [1.807, 2.05) is 12.1 Å². The Kier molecular flexibility index (Phi) is 2.08. The zero-order valence-electron chi connectivity index (χ0n) is 6.74. The van der Waals surface area contributed by atoms with Gasteiger partial charge in [-0.2, -0.15) is 5.12 Å². The summed E-state index contributed by atoms with van der Waals surface area (Å²) in [5.41, 5.74) is 0.856. The number of nitrogens with one attached hydrogen (secondary N) is 1. The molecule has 0 aliphatic carbocycles. The Morgan fingerprint density at radius 3 is 2.85 bits per heavy atom. The summed E-state index contributed by atoms with van der Waals surface area (Å²) in [6.45, 7) is 0. The van der Waals surface area contributed by atoms with Crippen LogP contribution in [0.5, 0.6) is 0 Å². The van der Waals surface area contributed by atoms with Crippen LogP contribution in [0.15, 0.2) is 39.7 Å². The Balaban J connectivity index is 2.37. The van der Waals surface area contributed by atoms with E-state index in [0.29, 0.717) is 16.0 Å². The highest BCUT2D eigenvalue weighted by Crippen LogP contribution is 2.12. The molecule has 0 saturated heterocycles. The summed E-state index contributed by atoms with van der Waals surface area (Å²) in [6, 6.07) is 7.31. The third-order valence-corrected chi connectivity index (χ3v) is 1.81. The lowest BCUT2D eigenvalue weighted by Gasteiger charge is -1.96. The topological polar surface area (TPSA) is 41.5 Å². The molecule has 2 rings (SSSR count). The second-order valence-electron chi connectivity index (χ2n) is 2.56. The Bertz CT molecular complexity index is 385. The zero-order valence-corrected chi connectivity index (χ0v) is 7.49. The summed E-state index contributed by atoms with van der Waals surface area (Å²) in [6.07, 6.45) is 0. The van der Waals surface area contributed by atoms with Crippen LogP contribution in [0.3, 0.4) is 0 Å². The van der Waals surface area contributed by atoms with Crippen LogP contribution in [0.1, 0.15) is 5.56 Å². The zero-order chi connectivity index (χ0) is 9.26. The van der Waals surface area contributed by atoms with Crippen molar-refractivity contribution in [2.24, 2.45) is 15.4 Å². The summed E-state index contributed by atoms with van der Waals surface area (Å²) < 4.78 is 0. The van der Waals surface area contributed by atoms with Crippen molar-refractivity contribution in [3.8, 4) is 0 Å². The molecule has 1 unspecified atom stereocenters. The highest BCUT2D eigenvalue weighted by atomic mass is 35.5. The molecular weight excluding hydrogens is 188 g/mol. The van der Waals surface area contributed by atoms with Crippen LogP contribution in [0.4, 0.5) is 0 Å². The van der Waals surface area contributed by atoms with Gasteiger partial charge in [-0.15, -0.1) is 0 Å². The molecule has 0 radical (unpaired) electrons. The highest BCUT2D eigenvalue weighted by molar-refractivity contribution is 6.31. The summed E-state index contributed by atoms with van der Waals surface area (Å²) in [5, 5.41) is 12.7. The van der Waals surface area contributed by atoms with Crippen LogP contribution in [-0.2, 0) is 0 Å². The minimum atomic E-state index is 0.426. The molecule has 0 bridgehead atoms. The average molecular weight is 195 g/mol. The fourth-order valence-corrected chi connectivity index (χ4v) is 1.21. The van der Waals surface area contributed by atoms with E-state index in [-0.39, 0.29) is 0 Å². The molecule has 1 aromatic carbocycles. The first-order chi connectivity index (χ1) is 6.25. The lowest BCUT2D eigenvalue weighted by molar-refractivity contribution is -0.868. The predicted octanol–water partition coefficient (Wildman–Crippen LogP) is 1.06. The summed E-state index contributed by atoms with van der Waals surface area (Å²) in [7, 11) is 3.57. The molecule has 5 heteroatoms. The van der Waals surface area contributed by atoms with Gasteiger partial charge in [0.05, 0.1) is 0 Å². The van der Waals surface area contributed by atoms with Crippen molar-refractivity contribution in [1.29, 1.82) is 0 Å². The van der Waals surface area contributed by atoms with Gasteiger partial charge >= 0.3 is 0 Å². The van der Waals surface area contributed by atoms with Crippen LogP contribution >= 0.6 is 11.6 Å². The standard InChI is InChI=1S/C8H7ClN4/c1-13-11-8(10-12-13)6-3-2-4-7(9)5-6/h2-5,13H,1H2. The molecule has 0 fully saturated rings. The van der Waals surface area contributed by atoms with Gasteiger partial charge in [0.25, 0.3) is 0 Å². The van der Waals surface area contributed by atoms with Crippen molar-refractivity contribution in [1.82, 2.24) is 0 Å². The Morgan fingerprint density at radius 1 is 1.38 bits per heavy atom. The monoisotopic (exact) mass is 194 g/mol. The Labute approximate surface area is 80.5 Å². The molecule has 1 aliphatic rings. The molecule has 1 aromatic rings. The van der Waals surface area contributed by atoms with Crippen LogP contribution in [0, 0.1) is 7.05 Å². The van der Waals surface area contributed by atoms with Gasteiger partial charge in [0.2, 0.25) is 5.84 Å². The molecule has 13 heavy (non-hydrogen) atoms. The van der Waals surface area contributed by atoms with Gasteiger partial charge in [-0.05, 0) is 12.1 Å². The van der Waals surface area contributed by atoms with Crippen molar-refractivity contribution in [3.05, 3.63) is 41.9 Å². The largest absolute Gasteiger partial charge is 0.241 e. The van der Waals surface area contributed by atoms with Gasteiger partial charge in [-0.25, -0.2) is 0 Å². The second kappa shape index (κ2) is 3.24. The third kappa shape index (κ3) is 1.74. The SMILES string of the molecule is [CH2-][NH+]1N=NC(c2cccc(Cl)c2)=N1. The van der Waals surface area contributed by atoms with E-state index in [4.69, 9.17) is 11.6 Å². The Hall–Kier alpha value is -1.26. The number of hydrogen-bond donors (Lipinski definition) is 1. The number of rotatable bonds is 1. The van der Waals surface area contributed by atoms with Crippen molar-refractivity contribution >= 4 is 17.4 Å². The fourth-order valence-electron chi connectivity index (χ4n) is 1.02. The summed E-state index contributed by atoms with van der Waals surface area (Å²) in [4.78, 5) is 0. The predicted molar refractivity (Wildman–Crippen MR) is 49.2 cm³/mol. The van der Waals surface area contributed by atoms with Crippen LogP contribution in [0.25, 0.3) is 0 Å². The number of benzene rings is 1. The number of nitrogens with zero attached hydrogens (tertiary/aromatic N) is 3. The molecule has 0 spiro atoms. The van der Waals surface area contributed by atoms with Gasteiger partial charge in [-0.1, -0.05) is 41.0 Å². The smallest absolute Gasteiger partial charge is 0.192 e. The van der Waals surface area contributed by atoms with Gasteiger partial charge in [0.1, 0.15) is 0 Å². The van der Waals surface area contributed by atoms with E-state index < -0.39 is 0 Å².